The molecule has 0 aromatic heterocycles. The Hall–Kier alpha value is -1.87. The predicted octanol–water partition coefficient (Wildman–Crippen LogP) is 5.05. The van der Waals surface area contributed by atoms with Crippen molar-refractivity contribution in [3.05, 3.63) is 60.8 Å². The Kier molecular flexibility index (Phi) is 16.1. The Balaban J connectivity index is 3.71. The third kappa shape index (κ3) is 16.5. The van der Waals surface area contributed by atoms with E-state index in [-0.39, 0.29) is 5.97 Å². The van der Waals surface area contributed by atoms with Crippen LogP contribution in [-0.4, -0.2) is 24.3 Å². The van der Waals surface area contributed by atoms with Crippen LogP contribution in [0.15, 0.2) is 60.8 Å². The molecule has 0 amide bonds. The number of methoxy groups -OCH3 is 1. The van der Waals surface area contributed by atoms with Gasteiger partial charge in [-0.1, -0.05) is 74.4 Å². The van der Waals surface area contributed by atoms with Gasteiger partial charge < -0.3 is 9.84 Å². The molecule has 0 unspecified atom stereocenters. The minimum atomic E-state index is -0.450. The van der Waals surface area contributed by atoms with Crippen molar-refractivity contribution in [2.24, 2.45) is 0 Å². The van der Waals surface area contributed by atoms with E-state index in [4.69, 9.17) is 0 Å². The summed E-state index contributed by atoms with van der Waals surface area (Å²) < 4.78 is 4.47. The van der Waals surface area contributed by atoms with Gasteiger partial charge in [-0.2, -0.15) is 0 Å². The summed E-state index contributed by atoms with van der Waals surface area (Å²) in [6, 6.07) is 0. The monoisotopic (exact) mass is 332 g/mol. The average Bonchev–Trinajstić information content (AvgIpc) is 2.59. The molecular formula is C21H32O3. The van der Waals surface area contributed by atoms with E-state index >= 15 is 0 Å². The molecule has 3 heteroatoms. The molecule has 0 saturated carbocycles. The molecule has 0 radical (unpaired) electrons. The Labute approximate surface area is 147 Å². The topological polar surface area (TPSA) is 46.5 Å². The van der Waals surface area contributed by atoms with E-state index in [2.05, 4.69) is 36.0 Å². The quantitative estimate of drug-likeness (QED) is 0.169. The van der Waals surface area contributed by atoms with Crippen molar-refractivity contribution in [1.29, 1.82) is 0 Å². The van der Waals surface area contributed by atoms with Crippen molar-refractivity contribution in [3.63, 3.8) is 0 Å². The molecule has 0 spiro atoms. The summed E-state index contributed by atoms with van der Waals surface area (Å²) in [6.07, 6.45) is 25.8. The number of esters is 1. The molecule has 134 valence electrons. The summed E-state index contributed by atoms with van der Waals surface area (Å²) >= 11 is 0. The number of carbonyl (C=O) groups excluding carboxylic acids is 1. The van der Waals surface area contributed by atoms with Crippen LogP contribution in [0.2, 0.25) is 0 Å². The molecule has 1 N–H and O–H groups in total. The minimum Gasteiger partial charge on any atom is -0.466 e. The van der Waals surface area contributed by atoms with Crippen molar-refractivity contribution >= 4 is 5.97 Å². The largest absolute Gasteiger partial charge is 0.466 e. The second-order valence-corrected chi connectivity index (χ2v) is 5.47. The zero-order valence-electron chi connectivity index (χ0n) is 15.1. The van der Waals surface area contributed by atoms with Crippen molar-refractivity contribution in [2.45, 2.75) is 58.0 Å². The molecule has 3 nitrogen and oxygen atoms in total. The van der Waals surface area contributed by atoms with Crippen molar-refractivity contribution < 1.29 is 14.6 Å². The number of rotatable bonds is 13. The fourth-order valence-corrected chi connectivity index (χ4v) is 1.90. The van der Waals surface area contributed by atoms with Crippen LogP contribution in [0.1, 0.15) is 51.9 Å². The van der Waals surface area contributed by atoms with Crippen LogP contribution in [-0.2, 0) is 9.53 Å². The standard InChI is InChI=1S/C21H32O3/c1-3-4-5-6-7-8-9-10-11-14-17-20(22)18-15-12-13-16-19-21(23)24-2/h7-8,10-13,15-16,18-20,22H,3-6,9,14,17H2,1-2H3/b8-7+,11-10+,13-12+,18-15+,19-16+/t20-/m1/s1. The molecule has 0 aliphatic rings. The summed E-state index contributed by atoms with van der Waals surface area (Å²) in [6.45, 7) is 2.22. The first-order valence-corrected chi connectivity index (χ1v) is 8.78. The fourth-order valence-electron chi connectivity index (χ4n) is 1.90. The van der Waals surface area contributed by atoms with E-state index in [1.54, 1.807) is 30.4 Å². The summed E-state index contributed by atoms with van der Waals surface area (Å²) in [5, 5.41) is 9.79. The summed E-state index contributed by atoms with van der Waals surface area (Å²) in [5.74, 6) is -0.383. The first-order chi connectivity index (χ1) is 11.7. The zero-order chi connectivity index (χ0) is 17.9. The first kappa shape index (κ1) is 22.1. The van der Waals surface area contributed by atoms with Gasteiger partial charge in [0.05, 0.1) is 13.2 Å². The Morgan fingerprint density at radius 2 is 1.71 bits per heavy atom. The Bertz CT molecular complexity index is 442. The van der Waals surface area contributed by atoms with E-state index in [1.807, 2.05) is 0 Å². The van der Waals surface area contributed by atoms with E-state index in [0.29, 0.717) is 6.42 Å². The second-order valence-electron chi connectivity index (χ2n) is 5.47. The Morgan fingerprint density at radius 1 is 1.00 bits per heavy atom. The molecule has 0 rings (SSSR count). The van der Waals surface area contributed by atoms with Crippen LogP contribution in [0.5, 0.6) is 0 Å². The molecule has 0 aromatic carbocycles. The number of carbonyl (C=O) groups is 1. The molecule has 0 saturated heterocycles. The van der Waals surface area contributed by atoms with Gasteiger partial charge in [-0.3, -0.25) is 0 Å². The number of ether oxygens (including phenoxy) is 1. The third-order valence-corrected chi connectivity index (χ3v) is 3.31. The van der Waals surface area contributed by atoms with E-state index in [1.165, 1.54) is 38.9 Å². The van der Waals surface area contributed by atoms with Gasteiger partial charge in [0.1, 0.15) is 0 Å². The van der Waals surface area contributed by atoms with Crippen LogP contribution >= 0.6 is 0 Å². The van der Waals surface area contributed by atoms with Crippen LogP contribution in [0.3, 0.4) is 0 Å². The van der Waals surface area contributed by atoms with Gasteiger partial charge in [-0.05, 0) is 32.1 Å². The lowest BCUT2D eigenvalue weighted by Crippen LogP contribution is -2.00. The van der Waals surface area contributed by atoms with Gasteiger partial charge in [-0.15, -0.1) is 0 Å². The van der Waals surface area contributed by atoms with Gasteiger partial charge in [-0.25, -0.2) is 4.79 Å². The summed E-state index contributed by atoms with van der Waals surface area (Å²) in [4.78, 5) is 10.8. The molecule has 1 atom stereocenters. The highest BCUT2D eigenvalue weighted by Crippen LogP contribution is 2.03. The minimum absolute atomic E-state index is 0.383. The lowest BCUT2D eigenvalue weighted by Gasteiger charge is -2.01. The number of allylic oxidation sites excluding steroid dienone is 8. The maximum atomic E-state index is 10.8. The number of hydrogen-bond donors (Lipinski definition) is 1. The number of aliphatic hydroxyl groups excluding tert-OH is 1. The molecule has 0 heterocycles. The smallest absolute Gasteiger partial charge is 0.330 e. The molecular weight excluding hydrogens is 300 g/mol. The Morgan fingerprint density at radius 3 is 2.42 bits per heavy atom. The first-order valence-electron chi connectivity index (χ1n) is 8.78. The SMILES string of the molecule is CCCCC/C=C/C/C=C/CC[C@@H](O)/C=C/C=C/C=C/C(=O)OC. The molecule has 0 aliphatic carbocycles. The molecule has 0 aliphatic heterocycles. The molecule has 24 heavy (non-hydrogen) atoms. The highest BCUT2D eigenvalue weighted by molar-refractivity contribution is 5.82. The van der Waals surface area contributed by atoms with Gasteiger partial charge in [0, 0.05) is 6.08 Å². The van der Waals surface area contributed by atoms with Gasteiger partial charge >= 0.3 is 5.97 Å². The van der Waals surface area contributed by atoms with Gasteiger partial charge in [0.15, 0.2) is 0 Å². The zero-order valence-corrected chi connectivity index (χ0v) is 15.1. The second kappa shape index (κ2) is 17.5. The average molecular weight is 332 g/mol. The van der Waals surface area contributed by atoms with Crippen LogP contribution in [0.4, 0.5) is 0 Å². The highest BCUT2D eigenvalue weighted by Gasteiger charge is 1.94. The molecule has 0 bridgehead atoms. The maximum absolute atomic E-state index is 10.8. The lowest BCUT2D eigenvalue weighted by atomic mass is 10.1. The third-order valence-electron chi connectivity index (χ3n) is 3.31. The molecule has 0 aromatic rings. The summed E-state index contributed by atoms with van der Waals surface area (Å²) in [7, 11) is 1.34. The van der Waals surface area contributed by atoms with Crippen molar-refractivity contribution in [3.8, 4) is 0 Å². The summed E-state index contributed by atoms with van der Waals surface area (Å²) in [5.41, 5.74) is 0. The van der Waals surface area contributed by atoms with Crippen LogP contribution in [0.25, 0.3) is 0 Å². The van der Waals surface area contributed by atoms with E-state index in [9.17, 15) is 9.90 Å². The number of hydrogen-bond acceptors (Lipinski definition) is 3. The van der Waals surface area contributed by atoms with Crippen LogP contribution in [0, 0.1) is 0 Å². The fraction of sp³-hybridized carbons (Fsp3) is 0.476. The van der Waals surface area contributed by atoms with Crippen molar-refractivity contribution in [2.75, 3.05) is 7.11 Å². The highest BCUT2D eigenvalue weighted by atomic mass is 16.5. The van der Waals surface area contributed by atoms with Gasteiger partial charge in [0.25, 0.3) is 0 Å². The normalized spacial score (nSPS) is 14.0. The lowest BCUT2D eigenvalue weighted by molar-refractivity contribution is -0.134. The number of aliphatic hydroxyl groups is 1. The molecule has 0 fully saturated rings. The van der Waals surface area contributed by atoms with E-state index < -0.39 is 6.10 Å². The maximum Gasteiger partial charge on any atom is 0.330 e. The van der Waals surface area contributed by atoms with Gasteiger partial charge in [0.2, 0.25) is 0 Å². The van der Waals surface area contributed by atoms with Crippen molar-refractivity contribution in [1.82, 2.24) is 0 Å². The number of unbranched alkanes of at least 4 members (excludes halogenated alkanes) is 3. The van der Waals surface area contributed by atoms with E-state index in [0.717, 1.165) is 12.8 Å². The predicted molar refractivity (Wildman–Crippen MR) is 102 cm³/mol. The van der Waals surface area contributed by atoms with Crippen LogP contribution < -0.4 is 0 Å².